The van der Waals surface area contributed by atoms with Gasteiger partial charge in [0, 0.05) is 18.9 Å². The Morgan fingerprint density at radius 3 is 2.88 bits per heavy atom. The van der Waals surface area contributed by atoms with Gasteiger partial charge in [-0.3, -0.25) is 0 Å². The van der Waals surface area contributed by atoms with Crippen molar-refractivity contribution in [2.45, 2.75) is 13.3 Å². The monoisotopic (exact) mass is 309 g/mol. The topological polar surface area (TPSA) is 36.3 Å². The summed E-state index contributed by atoms with van der Waals surface area (Å²) in [4.78, 5) is 0. The third-order valence-electron chi connectivity index (χ3n) is 1.95. The number of methoxy groups -OCH3 is 1. The smallest absolute Gasteiger partial charge is 0.139 e. The summed E-state index contributed by atoms with van der Waals surface area (Å²) in [6.07, 6.45) is 6.36. The third kappa shape index (κ3) is 4.86. The minimum atomic E-state index is 0.440. The van der Waals surface area contributed by atoms with Crippen molar-refractivity contribution >= 4 is 26.8 Å². The van der Waals surface area contributed by atoms with Gasteiger partial charge in [0.25, 0.3) is 0 Å². The molecule has 0 aliphatic carbocycles. The van der Waals surface area contributed by atoms with Crippen LogP contribution in [0.1, 0.15) is 5.56 Å². The SMILES string of the molecule is COCc1cn(COCC[S+](C)C)nc1Br. The maximum atomic E-state index is 5.52. The molecule has 0 aliphatic rings. The van der Waals surface area contributed by atoms with Crippen LogP contribution >= 0.6 is 15.9 Å². The molecule has 16 heavy (non-hydrogen) atoms. The molecule has 1 aromatic rings. The predicted octanol–water partition coefficient (Wildman–Crippen LogP) is 1.64. The first-order chi connectivity index (χ1) is 7.63. The van der Waals surface area contributed by atoms with Crippen molar-refractivity contribution in [2.24, 2.45) is 0 Å². The molecular weight excluding hydrogens is 292 g/mol. The van der Waals surface area contributed by atoms with Crippen LogP contribution in [0.3, 0.4) is 0 Å². The van der Waals surface area contributed by atoms with Crippen molar-refractivity contribution in [3.63, 3.8) is 0 Å². The molecule has 0 spiro atoms. The third-order valence-corrected chi connectivity index (χ3v) is 3.60. The van der Waals surface area contributed by atoms with Gasteiger partial charge in [-0.2, -0.15) is 5.10 Å². The molecular formula is C10H18BrN2O2S+. The predicted molar refractivity (Wildman–Crippen MR) is 70.7 cm³/mol. The van der Waals surface area contributed by atoms with Gasteiger partial charge in [0.1, 0.15) is 17.1 Å². The van der Waals surface area contributed by atoms with Gasteiger partial charge in [0.2, 0.25) is 0 Å². The van der Waals surface area contributed by atoms with Crippen LogP contribution < -0.4 is 0 Å². The molecule has 92 valence electrons. The molecule has 0 atom stereocenters. The van der Waals surface area contributed by atoms with Crippen molar-refractivity contribution < 1.29 is 9.47 Å². The minimum absolute atomic E-state index is 0.440. The van der Waals surface area contributed by atoms with E-state index < -0.39 is 0 Å². The molecule has 6 heteroatoms. The number of aromatic nitrogens is 2. The van der Waals surface area contributed by atoms with Crippen LogP contribution in [0.5, 0.6) is 0 Å². The van der Waals surface area contributed by atoms with Gasteiger partial charge >= 0.3 is 0 Å². The van der Waals surface area contributed by atoms with E-state index in [9.17, 15) is 0 Å². The summed E-state index contributed by atoms with van der Waals surface area (Å²) in [6.45, 7) is 1.85. The molecule has 0 fully saturated rings. The van der Waals surface area contributed by atoms with Crippen molar-refractivity contribution in [3.05, 3.63) is 16.4 Å². The lowest BCUT2D eigenvalue weighted by Gasteiger charge is -2.02. The Balaban J connectivity index is 2.34. The summed E-state index contributed by atoms with van der Waals surface area (Å²) in [5, 5.41) is 4.28. The van der Waals surface area contributed by atoms with E-state index in [2.05, 4.69) is 33.5 Å². The van der Waals surface area contributed by atoms with E-state index in [1.165, 1.54) is 0 Å². The van der Waals surface area contributed by atoms with Crippen LogP contribution in [0.25, 0.3) is 0 Å². The van der Waals surface area contributed by atoms with Gasteiger partial charge in [-0.1, -0.05) is 0 Å². The molecule has 1 aromatic heterocycles. The molecule has 0 saturated heterocycles. The quantitative estimate of drug-likeness (QED) is 0.567. The van der Waals surface area contributed by atoms with E-state index in [1.54, 1.807) is 11.8 Å². The first-order valence-corrected chi connectivity index (χ1v) is 7.96. The van der Waals surface area contributed by atoms with Crippen LogP contribution in [0, 0.1) is 0 Å². The van der Waals surface area contributed by atoms with E-state index in [4.69, 9.17) is 9.47 Å². The van der Waals surface area contributed by atoms with Gasteiger partial charge in [-0.15, -0.1) is 0 Å². The largest absolute Gasteiger partial charge is 0.380 e. The molecule has 0 saturated carbocycles. The standard InChI is InChI=1S/C10H18BrN2O2S/c1-14-7-9-6-13(12-10(9)11)8-15-4-5-16(2)3/h6H,4-5,7-8H2,1-3H3/q+1. The number of halogens is 1. The summed E-state index contributed by atoms with van der Waals surface area (Å²) in [5.74, 6) is 1.10. The number of hydrogen-bond donors (Lipinski definition) is 0. The lowest BCUT2D eigenvalue weighted by Crippen LogP contribution is -2.11. The van der Waals surface area contributed by atoms with Crippen LogP contribution in [0.15, 0.2) is 10.8 Å². The van der Waals surface area contributed by atoms with Gasteiger partial charge < -0.3 is 9.47 Å². The summed E-state index contributed by atoms with van der Waals surface area (Å²) >= 11 is 3.38. The number of ether oxygens (including phenoxy) is 2. The zero-order chi connectivity index (χ0) is 12.0. The highest BCUT2D eigenvalue weighted by molar-refractivity contribution is 9.10. The molecule has 0 bridgehead atoms. The Labute approximate surface area is 108 Å². The zero-order valence-corrected chi connectivity index (χ0v) is 12.3. The molecule has 4 nitrogen and oxygen atoms in total. The molecule has 1 rings (SSSR count). The van der Waals surface area contributed by atoms with Crippen LogP contribution in [0.4, 0.5) is 0 Å². The van der Waals surface area contributed by atoms with E-state index in [1.807, 2.05) is 6.20 Å². The number of hydrogen-bond acceptors (Lipinski definition) is 3. The van der Waals surface area contributed by atoms with Gasteiger partial charge in [-0.25, -0.2) is 4.68 Å². The van der Waals surface area contributed by atoms with Crippen LogP contribution in [-0.2, 0) is 33.7 Å². The summed E-state index contributed by atoms with van der Waals surface area (Å²) < 4.78 is 13.2. The second-order valence-corrected chi connectivity index (χ2v) is 6.78. The van der Waals surface area contributed by atoms with Gasteiger partial charge in [0.05, 0.1) is 25.7 Å². The number of rotatable bonds is 7. The maximum absolute atomic E-state index is 5.52. The molecule has 0 aliphatic heterocycles. The Morgan fingerprint density at radius 2 is 2.25 bits per heavy atom. The fourth-order valence-electron chi connectivity index (χ4n) is 1.14. The van der Waals surface area contributed by atoms with Crippen molar-refractivity contribution in [1.29, 1.82) is 0 Å². The van der Waals surface area contributed by atoms with Crippen molar-refractivity contribution in [1.82, 2.24) is 9.78 Å². The molecule has 0 amide bonds. The Bertz CT molecular complexity index is 318. The first-order valence-electron chi connectivity index (χ1n) is 4.96. The molecule has 0 radical (unpaired) electrons. The fraction of sp³-hybridized carbons (Fsp3) is 0.700. The van der Waals surface area contributed by atoms with Crippen molar-refractivity contribution in [3.8, 4) is 0 Å². The van der Waals surface area contributed by atoms with E-state index in [-0.39, 0.29) is 0 Å². The molecule has 1 heterocycles. The fourth-order valence-corrected chi connectivity index (χ4v) is 2.01. The van der Waals surface area contributed by atoms with E-state index in [0.717, 1.165) is 22.5 Å². The minimum Gasteiger partial charge on any atom is -0.380 e. The normalized spacial score (nSPS) is 11.3. The van der Waals surface area contributed by atoms with Crippen LogP contribution in [0.2, 0.25) is 0 Å². The zero-order valence-electron chi connectivity index (χ0n) is 9.90. The van der Waals surface area contributed by atoms with Gasteiger partial charge in [-0.05, 0) is 26.8 Å². The summed E-state index contributed by atoms with van der Waals surface area (Å²) in [5.41, 5.74) is 1.04. The second-order valence-electron chi connectivity index (χ2n) is 3.64. The van der Waals surface area contributed by atoms with E-state index >= 15 is 0 Å². The highest BCUT2D eigenvalue weighted by atomic mass is 79.9. The lowest BCUT2D eigenvalue weighted by atomic mass is 10.4. The van der Waals surface area contributed by atoms with Crippen LogP contribution in [-0.4, -0.2) is 41.8 Å². The summed E-state index contributed by atoms with van der Waals surface area (Å²) in [7, 11) is 2.11. The molecule has 0 unspecified atom stereocenters. The lowest BCUT2D eigenvalue weighted by molar-refractivity contribution is 0.0806. The van der Waals surface area contributed by atoms with Crippen molar-refractivity contribution in [2.75, 3.05) is 32.0 Å². The maximum Gasteiger partial charge on any atom is 0.139 e. The average molecular weight is 310 g/mol. The average Bonchev–Trinajstić information content (AvgIpc) is 2.55. The molecule has 0 N–H and O–H groups in total. The van der Waals surface area contributed by atoms with E-state index in [0.29, 0.717) is 24.2 Å². The highest BCUT2D eigenvalue weighted by Crippen LogP contribution is 2.14. The van der Waals surface area contributed by atoms with Gasteiger partial charge in [0.15, 0.2) is 0 Å². The first kappa shape index (κ1) is 14.0. The second kappa shape index (κ2) is 7.32. The Hall–Kier alpha value is -0.0400. The highest BCUT2D eigenvalue weighted by Gasteiger charge is 2.06. The molecule has 0 aromatic carbocycles. The Morgan fingerprint density at radius 1 is 1.50 bits per heavy atom. The Kier molecular flexibility index (Phi) is 6.41. The summed E-state index contributed by atoms with van der Waals surface area (Å²) in [6, 6.07) is 0. The number of nitrogens with zero attached hydrogens (tertiary/aromatic N) is 2.